The number of aliphatic imine (C=N–C) groups is 1. The first-order valence-electron chi connectivity index (χ1n) is 6.25. The smallest absolute Gasteiger partial charge is 0.191 e. The van der Waals surface area contributed by atoms with Crippen LogP contribution in [0, 0.1) is 0 Å². The number of guanidine groups is 1. The molecule has 0 saturated carbocycles. The van der Waals surface area contributed by atoms with E-state index in [1.807, 2.05) is 4.90 Å². The summed E-state index contributed by atoms with van der Waals surface area (Å²) < 4.78 is 28.5. The van der Waals surface area contributed by atoms with Gasteiger partial charge in [-0.05, 0) is 12.1 Å². The van der Waals surface area contributed by atoms with Gasteiger partial charge in [-0.2, -0.15) is 0 Å². The largest absolute Gasteiger partial charge is 0.378 e. The summed E-state index contributed by atoms with van der Waals surface area (Å²) in [5.41, 5.74) is 6.31. The summed E-state index contributed by atoms with van der Waals surface area (Å²) in [5, 5.41) is 0. The van der Waals surface area contributed by atoms with E-state index in [0.717, 1.165) is 6.26 Å². The minimum atomic E-state index is -3.31. The molecule has 0 amide bonds. The van der Waals surface area contributed by atoms with Crippen LogP contribution in [0.1, 0.15) is 5.69 Å². The van der Waals surface area contributed by atoms with Crippen molar-refractivity contribution >= 4 is 15.8 Å². The molecule has 20 heavy (non-hydrogen) atoms. The second kappa shape index (κ2) is 6.19. The lowest BCUT2D eigenvalue weighted by molar-refractivity contribution is 0.0674. The van der Waals surface area contributed by atoms with Gasteiger partial charge in [0.25, 0.3) is 0 Å². The van der Waals surface area contributed by atoms with Crippen molar-refractivity contribution in [3.63, 3.8) is 0 Å². The zero-order valence-corrected chi connectivity index (χ0v) is 12.1. The van der Waals surface area contributed by atoms with Crippen molar-refractivity contribution in [3.8, 4) is 0 Å². The predicted molar refractivity (Wildman–Crippen MR) is 75.1 cm³/mol. The number of nitrogens with zero attached hydrogens (tertiary/aromatic N) is 3. The molecule has 1 aromatic rings. The predicted octanol–water partition coefficient (Wildman–Crippen LogP) is -0.368. The molecule has 2 heterocycles. The number of aromatic nitrogens is 1. The summed E-state index contributed by atoms with van der Waals surface area (Å²) in [6.45, 7) is 2.77. The van der Waals surface area contributed by atoms with Gasteiger partial charge in [-0.1, -0.05) is 0 Å². The second-order valence-corrected chi connectivity index (χ2v) is 6.48. The summed E-state index contributed by atoms with van der Waals surface area (Å²) in [6.07, 6.45) is 2.70. The third-order valence-corrected chi connectivity index (χ3v) is 4.14. The lowest BCUT2D eigenvalue weighted by Gasteiger charge is -2.27. The first-order chi connectivity index (χ1) is 9.48. The fourth-order valence-corrected chi connectivity index (χ4v) is 2.80. The summed E-state index contributed by atoms with van der Waals surface area (Å²) in [4.78, 5) is 10.4. The maximum absolute atomic E-state index is 11.7. The number of hydrogen-bond acceptors (Lipinski definition) is 5. The van der Waals surface area contributed by atoms with E-state index in [-0.39, 0.29) is 11.4 Å². The van der Waals surface area contributed by atoms with E-state index >= 15 is 0 Å². The SMILES string of the molecule is CS(=O)(=O)c1cccnc1CN=C(N)N1CCOCC1. The van der Waals surface area contributed by atoms with Crippen LogP contribution in [0.15, 0.2) is 28.2 Å². The van der Waals surface area contributed by atoms with E-state index in [0.29, 0.717) is 38.0 Å². The molecule has 2 rings (SSSR count). The minimum absolute atomic E-state index is 0.145. The third-order valence-electron chi connectivity index (χ3n) is 2.97. The Balaban J connectivity index is 2.14. The number of ether oxygens (including phenoxy) is 1. The standard InChI is InChI=1S/C12H18N4O3S/c1-20(17,18)11-3-2-4-14-10(11)9-15-12(13)16-5-7-19-8-6-16/h2-4H,5-9H2,1H3,(H2,13,15). The number of pyridine rings is 1. The van der Waals surface area contributed by atoms with Gasteiger partial charge in [0.2, 0.25) is 0 Å². The van der Waals surface area contributed by atoms with Crippen LogP contribution in [0.5, 0.6) is 0 Å². The fraction of sp³-hybridized carbons (Fsp3) is 0.500. The van der Waals surface area contributed by atoms with Gasteiger partial charge in [-0.25, -0.2) is 13.4 Å². The molecular weight excluding hydrogens is 280 g/mol. The molecule has 8 heteroatoms. The first kappa shape index (κ1) is 14.7. The van der Waals surface area contributed by atoms with Gasteiger partial charge in [-0.3, -0.25) is 4.98 Å². The molecule has 0 bridgehead atoms. The first-order valence-corrected chi connectivity index (χ1v) is 8.14. The van der Waals surface area contributed by atoms with Crippen LogP contribution < -0.4 is 5.73 Å². The van der Waals surface area contributed by atoms with Gasteiger partial charge >= 0.3 is 0 Å². The summed E-state index contributed by atoms with van der Waals surface area (Å²) >= 11 is 0. The molecule has 1 aromatic heterocycles. The molecule has 0 radical (unpaired) electrons. The molecule has 0 unspecified atom stereocenters. The summed E-state index contributed by atoms with van der Waals surface area (Å²) in [6, 6.07) is 3.12. The number of rotatable bonds is 3. The van der Waals surface area contributed by atoms with Gasteiger partial charge in [0.05, 0.1) is 30.3 Å². The van der Waals surface area contributed by atoms with E-state index < -0.39 is 9.84 Å². The molecule has 1 aliphatic heterocycles. The quantitative estimate of drug-likeness (QED) is 0.604. The highest BCUT2D eigenvalue weighted by molar-refractivity contribution is 7.90. The lowest BCUT2D eigenvalue weighted by atomic mass is 10.3. The number of morpholine rings is 1. The zero-order chi connectivity index (χ0) is 14.6. The van der Waals surface area contributed by atoms with Gasteiger partial charge in [0.1, 0.15) is 0 Å². The van der Waals surface area contributed by atoms with Gasteiger partial charge in [-0.15, -0.1) is 0 Å². The van der Waals surface area contributed by atoms with Crippen LogP contribution in [-0.2, 0) is 21.1 Å². The van der Waals surface area contributed by atoms with Crippen molar-refractivity contribution in [3.05, 3.63) is 24.0 Å². The maximum atomic E-state index is 11.7. The molecule has 0 aliphatic carbocycles. The van der Waals surface area contributed by atoms with E-state index in [2.05, 4.69) is 9.98 Å². The number of sulfone groups is 1. The fourth-order valence-electron chi connectivity index (χ4n) is 1.93. The molecule has 0 spiro atoms. The van der Waals surface area contributed by atoms with Crippen LogP contribution >= 0.6 is 0 Å². The van der Waals surface area contributed by atoms with Crippen LogP contribution in [0.3, 0.4) is 0 Å². The Bertz CT molecular complexity index is 594. The monoisotopic (exact) mass is 298 g/mol. The summed E-state index contributed by atoms with van der Waals surface area (Å²) in [5.74, 6) is 0.387. The molecule has 2 N–H and O–H groups in total. The summed E-state index contributed by atoms with van der Waals surface area (Å²) in [7, 11) is -3.31. The average Bonchev–Trinajstić information content (AvgIpc) is 2.45. The molecule has 1 aliphatic rings. The van der Waals surface area contributed by atoms with Crippen LogP contribution in [0.25, 0.3) is 0 Å². The van der Waals surface area contributed by atoms with Gasteiger partial charge in [0, 0.05) is 25.5 Å². The normalized spacial score (nSPS) is 17.2. The Kier molecular flexibility index (Phi) is 4.56. The molecule has 0 aromatic carbocycles. The highest BCUT2D eigenvalue weighted by Crippen LogP contribution is 2.13. The van der Waals surface area contributed by atoms with E-state index in [4.69, 9.17) is 10.5 Å². The molecule has 110 valence electrons. The van der Waals surface area contributed by atoms with Crippen molar-refractivity contribution in [2.75, 3.05) is 32.6 Å². The maximum Gasteiger partial charge on any atom is 0.191 e. The highest BCUT2D eigenvalue weighted by atomic mass is 32.2. The van der Waals surface area contributed by atoms with Crippen LogP contribution in [0.2, 0.25) is 0 Å². The average molecular weight is 298 g/mol. The van der Waals surface area contributed by atoms with Crippen molar-refractivity contribution < 1.29 is 13.2 Å². The zero-order valence-electron chi connectivity index (χ0n) is 11.3. The second-order valence-electron chi connectivity index (χ2n) is 4.49. The Morgan fingerprint density at radius 1 is 1.50 bits per heavy atom. The topological polar surface area (TPSA) is 97.9 Å². The minimum Gasteiger partial charge on any atom is -0.378 e. The van der Waals surface area contributed by atoms with Crippen molar-refractivity contribution in [2.24, 2.45) is 10.7 Å². The van der Waals surface area contributed by atoms with Crippen LogP contribution in [0.4, 0.5) is 0 Å². The van der Waals surface area contributed by atoms with Crippen molar-refractivity contribution in [1.29, 1.82) is 0 Å². The van der Waals surface area contributed by atoms with Crippen molar-refractivity contribution in [1.82, 2.24) is 9.88 Å². The van der Waals surface area contributed by atoms with E-state index in [9.17, 15) is 8.42 Å². The van der Waals surface area contributed by atoms with Crippen molar-refractivity contribution in [2.45, 2.75) is 11.4 Å². The highest BCUT2D eigenvalue weighted by Gasteiger charge is 2.15. The number of nitrogens with two attached hydrogens (primary N) is 1. The Morgan fingerprint density at radius 3 is 2.85 bits per heavy atom. The lowest BCUT2D eigenvalue weighted by Crippen LogP contribution is -2.44. The third kappa shape index (κ3) is 3.67. The Morgan fingerprint density at radius 2 is 2.20 bits per heavy atom. The van der Waals surface area contributed by atoms with Gasteiger partial charge < -0.3 is 15.4 Å². The van der Waals surface area contributed by atoms with Gasteiger partial charge in [0.15, 0.2) is 15.8 Å². The molecule has 1 saturated heterocycles. The molecule has 1 fully saturated rings. The Hall–Kier alpha value is -1.67. The van der Waals surface area contributed by atoms with E-state index in [1.54, 1.807) is 12.3 Å². The number of hydrogen-bond donors (Lipinski definition) is 1. The van der Waals surface area contributed by atoms with E-state index in [1.165, 1.54) is 6.07 Å². The molecule has 7 nitrogen and oxygen atoms in total. The van der Waals surface area contributed by atoms with Crippen LogP contribution in [-0.4, -0.2) is 56.8 Å². The Labute approximate surface area is 118 Å². The molecule has 0 atom stereocenters. The molecular formula is C12H18N4O3S.